The van der Waals surface area contributed by atoms with Gasteiger partial charge < -0.3 is 10.6 Å². The normalized spacial score (nSPS) is 24.4. The summed E-state index contributed by atoms with van der Waals surface area (Å²) >= 11 is 0. The third-order valence-electron chi connectivity index (χ3n) is 4.28. The first-order valence-corrected chi connectivity index (χ1v) is 7.60. The summed E-state index contributed by atoms with van der Waals surface area (Å²) in [4.78, 5) is 16.4. The number of likely N-dealkylation sites (tertiary alicyclic amines) is 1. The first-order valence-electron chi connectivity index (χ1n) is 7.60. The molecule has 1 aromatic rings. The molecule has 1 unspecified atom stereocenters. The van der Waals surface area contributed by atoms with Crippen molar-refractivity contribution in [2.45, 2.75) is 38.3 Å². The zero-order valence-corrected chi connectivity index (χ0v) is 11.9. The summed E-state index contributed by atoms with van der Waals surface area (Å²) < 4.78 is 0. The number of hydrogen-bond acceptors (Lipinski definition) is 3. The molecule has 108 valence electrons. The van der Waals surface area contributed by atoms with Crippen LogP contribution in [0.25, 0.3) is 0 Å². The first-order chi connectivity index (χ1) is 9.74. The third kappa shape index (κ3) is 2.86. The fraction of sp³-hybridized carbons (Fsp3) is 0.562. The van der Waals surface area contributed by atoms with Crippen LogP contribution in [0.2, 0.25) is 0 Å². The highest BCUT2D eigenvalue weighted by Crippen LogP contribution is 2.26. The molecule has 4 heteroatoms. The molecule has 1 atom stereocenters. The van der Waals surface area contributed by atoms with Crippen LogP contribution in [-0.4, -0.2) is 36.5 Å². The van der Waals surface area contributed by atoms with Crippen molar-refractivity contribution in [3.8, 4) is 0 Å². The van der Waals surface area contributed by atoms with Crippen LogP contribution in [0.1, 0.15) is 31.2 Å². The molecule has 2 N–H and O–H groups in total. The molecule has 2 heterocycles. The molecular weight excluding hydrogens is 250 g/mol. The van der Waals surface area contributed by atoms with Crippen LogP contribution in [-0.2, 0) is 11.3 Å². The second kappa shape index (κ2) is 5.94. The molecular formula is C16H23N3O. The lowest BCUT2D eigenvalue weighted by atomic mass is 10.1. The van der Waals surface area contributed by atoms with Crippen molar-refractivity contribution in [2.24, 2.45) is 5.73 Å². The van der Waals surface area contributed by atoms with E-state index in [-0.39, 0.29) is 11.9 Å². The number of carbonyl (C=O) groups excluding carboxylic acids is 1. The molecule has 2 aliphatic heterocycles. The van der Waals surface area contributed by atoms with Gasteiger partial charge in [-0.05, 0) is 37.6 Å². The number of nitrogens with zero attached hydrogens (tertiary/aromatic N) is 2. The Morgan fingerprint density at radius 2 is 1.90 bits per heavy atom. The molecule has 20 heavy (non-hydrogen) atoms. The largest absolute Gasteiger partial charge is 0.326 e. The fourth-order valence-electron chi connectivity index (χ4n) is 3.23. The fourth-order valence-corrected chi connectivity index (χ4v) is 3.23. The second-order valence-electron chi connectivity index (χ2n) is 5.93. The molecule has 4 nitrogen and oxygen atoms in total. The van der Waals surface area contributed by atoms with Gasteiger partial charge in [-0.1, -0.05) is 24.6 Å². The number of carbonyl (C=O) groups is 1. The van der Waals surface area contributed by atoms with E-state index in [1.54, 1.807) is 0 Å². The van der Waals surface area contributed by atoms with Gasteiger partial charge in [0, 0.05) is 31.2 Å². The van der Waals surface area contributed by atoms with Crippen LogP contribution < -0.4 is 10.6 Å². The minimum Gasteiger partial charge on any atom is -0.326 e. The molecule has 2 fully saturated rings. The number of rotatable bonds is 3. The van der Waals surface area contributed by atoms with E-state index in [1.165, 1.54) is 37.9 Å². The van der Waals surface area contributed by atoms with E-state index < -0.39 is 0 Å². The first kappa shape index (κ1) is 13.6. The lowest BCUT2D eigenvalue weighted by Crippen LogP contribution is -2.32. The zero-order chi connectivity index (χ0) is 13.9. The van der Waals surface area contributed by atoms with Gasteiger partial charge in [-0.15, -0.1) is 0 Å². The molecule has 2 saturated heterocycles. The van der Waals surface area contributed by atoms with Gasteiger partial charge >= 0.3 is 0 Å². The number of benzene rings is 1. The van der Waals surface area contributed by atoms with Crippen LogP contribution >= 0.6 is 0 Å². The van der Waals surface area contributed by atoms with Crippen molar-refractivity contribution in [3.05, 3.63) is 29.8 Å². The number of amides is 1. The average Bonchev–Trinajstić information content (AvgIpc) is 2.79. The van der Waals surface area contributed by atoms with Crippen LogP contribution in [0.4, 0.5) is 5.69 Å². The van der Waals surface area contributed by atoms with E-state index >= 15 is 0 Å². The Morgan fingerprint density at radius 3 is 2.60 bits per heavy atom. The van der Waals surface area contributed by atoms with Gasteiger partial charge in [0.25, 0.3) is 0 Å². The van der Waals surface area contributed by atoms with Gasteiger partial charge in [0.15, 0.2) is 0 Å². The summed E-state index contributed by atoms with van der Waals surface area (Å²) in [7, 11) is 0. The van der Waals surface area contributed by atoms with E-state index in [9.17, 15) is 4.79 Å². The van der Waals surface area contributed by atoms with Crippen LogP contribution in [0, 0.1) is 0 Å². The molecule has 3 rings (SSSR count). The number of hydrogen-bond donors (Lipinski definition) is 1. The van der Waals surface area contributed by atoms with Crippen molar-refractivity contribution in [1.82, 2.24) is 4.90 Å². The molecule has 0 aromatic heterocycles. The van der Waals surface area contributed by atoms with Gasteiger partial charge in [0.1, 0.15) is 0 Å². The Labute approximate surface area is 120 Å². The molecule has 1 aromatic carbocycles. The molecule has 0 bridgehead atoms. The van der Waals surface area contributed by atoms with Crippen molar-refractivity contribution in [1.29, 1.82) is 0 Å². The minimum atomic E-state index is -0.0226. The SMILES string of the molecule is NC1CC(=O)N(c2ccccc2CN2CCCCC2)C1. The van der Waals surface area contributed by atoms with E-state index in [0.29, 0.717) is 13.0 Å². The summed E-state index contributed by atoms with van der Waals surface area (Å²) in [6.45, 7) is 3.93. The Morgan fingerprint density at radius 1 is 1.15 bits per heavy atom. The van der Waals surface area contributed by atoms with Gasteiger partial charge in [0.05, 0.1) is 0 Å². The number of para-hydroxylation sites is 1. The maximum Gasteiger partial charge on any atom is 0.228 e. The Hall–Kier alpha value is -1.39. The van der Waals surface area contributed by atoms with E-state index in [0.717, 1.165) is 12.2 Å². The predicted molar refractivity (Wildman–Crippen MR) is 80.5 cm³/mol. The standard InChI is InChI=1S/C16H23N3O/c17-14-10-16(20)19(12-14)15-7-3-2-6-13(15)11-18-8-4-1-5-9-18/h2-3,6-7,14H,1,4-5,8-12,17H2. The molecule has 0 aliphatic carbocycles. The lowest BCUT2D eigenvalue weighted by Gasteiger charge is -2.28. The number of nitrogens with two attached hydrogens (primary N) is 1. The average molecular weight is 273 g/mol. The van der Waals surface area contributed by atoms with Gasteiger partial charge in [-0.25, -0.2) is 0 Å². The Bertz CT molecular complexity index is 482. The van der Waals surface area contributed by atoms with E-state index in [4.69, 9.17) is 5.73 Å². The second-order valence-corrected chi connectivity index (χ2v) is 5.93. The summed E-state index contributed by atoms with van der Waals surface area (Å²) in [5.41, 5.74) is 8.21. The van der Waals surface area contributed by atoms with Crippen LogP contribution in [0.3, 0.4) is 0 Å². The summed E-state index contributed by atoms with van der Waals surface area (Å²) in [5, 5.41) is 0. The van der Waals surface area contributed by atoms with Gasteiger partial charge in [0.2, 0.25) is 5.91 Å². The highest BCUT2D eigenvalue weighted by molar-refractivity contribution is 5.96. The van der Waals surface area contributed by atoms with E-state index in [2.05, 4.69) is 23.1 Å². The number of piperidine rings is 1. The monoisotopic (exact) mass is 273 g/mol. The maximum atomic E-state index is 12.1. The molecule has 1 amide bonds. The zero-order valence-electron chi connectivity index (χ0n) is 11.9. The van der Waals surface area contributed by atoms with Crippen LogP contribution in [0.5, 0.6) is 0 Å². The summed E-state index contributed by atoms with van der Waals surface area (Å²) in [6, 6.07) is 8.23. The quantitative estimate of drug-likeness (QED) is 0.912. The predicted octanol–water partition coefficient (Wildman–Crippen LogP) is 1.74. The van der Waals surface area contributed by atoms with Gasteiger partial charge in [-0.3, -0.25) is 9.69 Å². The lowest BCUT2D eigenvalue weighted by molar-refractivity contribution is -0.117. The Balaban J connectivity index is 1.79. The van der Waals surface area contributed by atoms with Gasteiger partial charge in [-0.2, -0.15) is 0 Å². The minimum absolute atomic E-state index is 0.0226. The highest BCUT2D eigenvalue weighted by Gasteiger charge is 2.29. The van der Waals surface area contributed by atoms with E-state index in [1.807, 2.05) is 11.0 Å². The molecule has 0 spiro atoms. The van der Waals surface area contributed by atoms with Crippen molar-refractivity contribution >= 4 is 11.6 Å². The number of anilines is 1. The maximum absolute atomic E-state index is 12.1. The molecule has 2 aliphatic rings. The topological polar surface area (TPSA) is 49.6 Å². The molecule has 0 saturated carbocycles. The van der Waals surface area contributed by atoms with Crippen molar-refractivity contribution in [2.75, 3.05) is 24.5 Å². The summed E-state index contributed by atoms with van der Waals surface area (Å²) in [6.07, 6.45) is 4.39. The summed E-state index contributed by atoms with van der Waals surface area (Å²) in [5.74, 6) is 0.156. The highest BCUT2D eigenvalue weighted by atomic mass is 16.2. The van der Waals surface area contributed by atoms with Crippen molar-refractivity contribution < 1.29 is 4.79 Å². The van der Waals surface area contributed by atoms with Crippen LogP contribution in [0.15, 0.2) is 24.3 Å². The Kier molecular flexibility index (Phi) is 4.03. The molecule has 0 radical (unpaired) electrons. The smallest absolute Gasteiger partial charge is 0.228 e. The third-order valence-corrected chi connectivity index (χ3v) is 4.28. The van der Waals surface area contributed by atoms with Crippen molar-refractivity contribution in [3.63, 3.8) is 0 Å².